The van der Waals surface area contributed by atoms with Gasteiger partial charge in [-0.15, -0.1) is 10.2 Å². The van der Waals surface area contributed by atoms with Gasteiger partial charge in [-0.2, -0.15) is 8.78 Å². The Kier molecular flexibility index (Phi) is 4.58. The predicted molar refractivity (Wildman–Crippen MR) is 93.9 cm³/mol. The fraction of sp³-hybridized carbons (Fsp3) is 0.294. The van der Waals surface area contributed by atoms with Crippen LogP contribution in [0, 0.1) is 0 Å². The van der Waals surface area contributed by atoms with Crippen molar-refractivity contribution in [2.24, 2.45) is 0 Å². The van der Waals surface area contributed by atoms with Crippen LogP contribution in [0.1, 0.15) is 30.7 Å². The molecule has 0 aliphatic heterocycles. The zero-order valence-electron chi connectivity index (χ0n) is 13.7. The molecule has 0 saturated heterocycles. The summed E-state index contributed by atoms with van der Waals surface area (Å²) in [4.78, 5) is 8.35. The fourth-order valence-corrected chi connectivity index (χ4v) is 3.30. The number of anilines is 1. The summed E-state index contributed by atoms with van der Waals surface area (Å²) in [5.74, 6) is -0.557. The van der Waals surface area contributed by atoms with Crippen LogP contribution in [0.5, 0.6) is 0 Å². The second-order valence-corrected chi connectivity index (χ2v) is 7.18. The van der Waals surface area contributed by atoms with E-state index in [1.54, 1.807) is 0 Å². The number of aromatic nitrogens is 4. The molecule has 3 aromatic rings. The van der Waals surface area contributed by atoms with E-state index in [2.05, 4.69) is 41.4 Å². The van der Waals surface area contributed by atoms with Crippen molar-refractivity contribution >= 4 is 21.9 Å². The number of alkyl halides is 3. The maximum Gasteiger partial charge on any atom is 0.314 e. The number of halogens is 4. The molecule has 1 saturated carbocycles. The lowest BCUT2D eigenvalue weighted by atomic mass is 9.70. The van der Waals surface area contributed by atoms with E-state index in [4.69, 9.17) is 4.42 Å². The lowest BCUT2D eigenvalue weighted by Crippen LogP contribution is -2.49. The van der Waals surface area contributed by atoms with Gasteiger partial charge in [-0.3, -0.25) is 0 Å². The van der Waals surface area contributed by atoms with Gasteiger partial charge in [-0.25, -0.2) is 14.4 Å². The lowest BCUT2D eigenvalue weighted by molar-refractivity contribution is 0.114. The monoisotopic (exact) mass is 439 g/mol. The molecule has 0 radical (unpaired) electrons. The number of benzene rings is 1. The van der Waals surface area contributed by atoms with Crippen molar-refractivity contribution in [3.63, 3.8) is 0 Å². The predicted octanol–water partition coefficient (Wildman–Crippen LogP) is 4.67. The molecule has 1 aromatic carbocycles. The standard InChI is InChI=1S/C17H13BrF3N5O/c18-11-3-1-10(2-4-11)17(5-12(19)6-17)24-16-22-7-9(8-23-16)14-25-26-15(27-14)13(20)21/h1-4,7-8,12-13H,5-6H2,(H,22,23,24). The minimum Gasteiger partial charge on any atom is -0.415 e. The molecule has 0 bridgehead atoms. The molecule has 1 fully saturated rings. The highest BCUT2D eigenvalue weighted by molar-refractivity contribution is 9.10. The molecule has 10 heteroatoms. The van der Waals surface area contributed by atoms with Crippen LogP contribution in [0.4, 0.5) is 19.1 Å². The van der Waals surface area contributed by atoms with Gasteiger partial charge in [0.2, 0.25) is 5.95 Å². The highest BCUT2D eigenvalue weighted by atomic mass is 79.9. The molecule has 4 rings (SSSR count). The van der Waals surface area contributed by atoms with Crippen LogP contribution in [-0.2, 0) is 5.54 Å². The van der Waals surface area contributed by atoms with Gasteiger partial charge in [0.25, 0.3) is 11.8 Å². The number of nitrogens with zero attached hydrogens (tertiary/aromatic N) is 4. The van der Waals surface area contributed by atoms with Gasteiger partial charge in [-0.05, 0) is 17.7 Å². The number of hydrogen-bond acceptors (Lipinski definition) is 6. The van der Waals surface area contributed by atoms with Crippen LogP contribution in [0.2, 0.25) is 0 Å². The Morgan fingerprint density at radius 3 is 2.33 bits per heavy atom. The fourth-order valence-electron chi connectivity index (χ4n) is 3.03. The third-order valence-corrected chi connectivity index (χ3v) is 4.94. The molecule has 140 valence electrons. The molecule has 6 nitrogen and oxygen atoms in total. The average Bonchev–Trinajstić information content (AvgIpc) is 3.12. The van der Waals surface area contributed by atoms with Crippen molar-refractivity contribution in [2.45, 2.75) is 31.0 Å². The highest BCUT2D eigenvalue weighted by Gasteiger charge is 2.46. The van der Waals surface area contributed by atoms with E-state index in [1.807, 2.05) is 24.3 Å². The summed E-state index contributed by atoms with van der Waals surface area (Å²) in [5.41, 5.74) is 0.662. The summed E-state index contributed by atoms with van der Waals surface area (Å²) < 4.78 is 44.5. The van der Waals surface area contributed by atoms with Crippen molar-refractivity contribution in [3.05, 3.63) is 52.6 Å². The van der Waals surface area contributed by atoms with E-state index in [0.29, 0.717) is 24.4 Å². The Labute approximate surface area is 160 Å². The molecular weight excluding hydrogens is 427 g/mol. The normalized spacial score (nSPS) is 21.9. The Morgan fingerprint density at radius 2 is 1.78 bits per heavy atom. The molecule has 0 unspecified atom stereocenters. The minimum absolute atomic E-state index is 0.0908. The summed E-state index contributed by atoms with van der Waals surface area (Å²) in [6, 6.07) is 7.62. The van der Waals surface area contributed by atoms with Gasteiger partial charge in [0.15, 0.2) is 0 Å². The second kappa shape index (κ2) is 6.91. The third-order valence-electron chi connectivity index (χ3n) is 4.41. The van der Waals surface area contributed by atoms with Crippen LogP contribution in [-0.4, -0.2) is 26.3 Å². The molecule has 0 spiro atoms. The van der Waals surface area contributed by atoms with Gasteiger partial charge in [-0.1, -0.05) is 28.1 Å². The van der Waals surface area contributed by atoms with Crippen molar-refractivity contribution in [1.82, 2.24) is 20.2 Å². The van der Waals surface area contributed by atoms with Crippen LogP contribution in [0.25, 0.3) is 11.5 Å². The van der Waals surface area contributed by atoms with Gasteiger partial charge >= 0.3 is 6.43 Å². The summed E-state index contributed by atoms with van der Waals surface area (Å²) in [6.45, 7) is 0. The first-order valence-electron chi connectivity index (χ1n) is 8.07. The molecule has 0 amide bonds. The van der Waals surface area contributed by atoms with E-state index in [0.717, 1.165) is 10.0 Å². The zero-order valence-corrected chi connectivity index (χ0v) is 15.3. The smallest absolute Gasteiger partial charge is 0.314 e. The molecular formula is C17H13BrF3N5O. The van der Waals surface area contributed by atoms with E-state index in [1.165, 1.54) is 12.4 Å². The van der Waals surface area contributed by atoms with Crippen LogP contribution >= 0.6 is 15.9 Å². The molecule has 0 atom stereocenters. The van der Waals surface area contributed by atoms with Crippen molar-refractivity contribution in [1.29, 1.82) is 0 Å². The van der Waals surface area contributed by atoms with Crippen LogP contribution in [0.15, 0.2) is 45.5 Å². The minimum atomic E-state index is -2.84. The van der Waals surface area contributed by atoms with Crippen LogP contribution < -0.4 is 5.32 Å². The number of rotatable bonds is 5. The van der Waals surface area contributed by atoms with Gasteiger partial charge < -0.3 is 9.73 Å². The van der Waals surface area contributed by atoms with E-state index in [-0.39, 0.29) is 5.89 Å². The summed E-state index contributed by atoms with van der Waals surface area (Å²) in [7, 11) is 0. The van der Waals surface area contributed by atoms with Crippen LogP contribution in [0.3, 0.4) is 0 Å². The molecule has 1 aliphatic rings. The first kappa shape index (κ1) is 17.9. The Balaban J connectivity index is 1.55. The maximum atomic E-state index is 13.7. The molecule has 1 aliphatic carbocycles. The Hall–Kier alpha value is -2.49. The second-order valence-electron chi connectivity index (χ2n) is 6.26. The van der Waals surface area contributed by atoms with Gasteiger partial charge in [0.05, 0.1) is 11.1 Å². The molecule has 2 aromatic heterocycles. The summed E-state index contributed by atoms with van der Waals surface area (Å²) >= 11 is 3.39. The summed E-state index contributed by atoms with van der Waals surface area (Å²) in [6.07, 6.45) is -0.349. The van der Waals surface area contributed by atoms with Gasteiger partial charge in [0.1, 0.15) is 6.17 Å². The maximum absolute atomic E-state index is 13.7. The quantitative estimate of drug-likeness (QED) is 0.622. The van der Waals surface area contributed by atoms with Gasteiger partial charge in [0, 0.05) is 29.7 Å². The zero-order chi connectivity index (χ0) is 19.0. The molecule has 27 heavy (non-hydrogen) atoms. The molecule has 1 N–H and O–H groups in total. The van der Waals surface area contributed by atoms with E-state index < -0.39 is 24.0 Å². The molecule has 2 heterocycles. The van der Waals surface area contributed by atoms with Crippen molar-refractivity contribution in [3.8, 4) is 11.5 Å². The first-order chi connectivity index (χ1) is 12.9. The highest BCUT2D eigenvalue weighted by Crippen LogP contribution is 2.45. The average molecular weight is 440 g/mol. The SMILES string of the molecule is FC1CC(Nc2ncc(-c3nnc(C(F)F)o3)cn2)(c2ccc(Br)cc2)C1. The van der Waals surface area contributed by atoms with E-state index >= 15 is 0 Å². The first-order valence-corrected chi connectivity index (χ1v) is 8.87. The number of nitrogens with one attached hydrogen (secondary N) is 1. The van der Waals surface area contributed by atoms with Crippen molar-refractivity contribution in [2.75, 3.05) is 5.32 Å². The van der Waals surface area contributed by atoms with Crippen molar-refractivity contribution < 1.29 is 17.6 Å². The van der Waals surface area contributed by atoms with E-state index in [9.17, 15) is 13.2 Å². The number of hydrogen-bond donors (Lipinski definition) is 1. The Bertz CT molecular complexity index is 927. The lowest BCUT2D eigenvalue weighted by Gasteiger charge is -2.45. The third kappa shape index (κ3) is 3.53. The summed E-state index contributed by atoms with van der Waals surface area (Å²) in [5, 5.41) is 10.0. The largest absolute Gasteiger partial charge is 0.415 e. The topological polar surface area (TPSA) is 76.7 Å². The Morgan fingerprint density at radius 1 is 1.11 bits per heavy atom.